The first-order valence-corrected chi connectivity index (χ1v) is 12.0. The lowest BCUT2D eigenvalue weighted by atomic mass is 9.91. The molecule has 1 aromatic carbocycles. The number of nitrogens with one attached hydrogen (secondary N) is 2. The predicted octanol–water partition coefficient (Wildman–Crippen LogP) is 5.10. The second kappa shape index (κ2) is 11.3. The van der Waals surface area contributed by atoms with Crippen molar-refractivity contribution in [3.05, 3.63) is 57.1 Å². The van der Waals surface area contributed by atoms with Gasteiger partial charge in [0.2, 0.25) is 11.8 Å². The number of ether oxygens (including phenoxy) is 1. The normalized spacial score (nSPS) is 11.9. The smallest absolute Gasteiger partial charge is 0.402 e. The lowest BCUT2D eigenvalue weighted by Gasteiger charge is -2.26. The monoisotopic (exact) mass is 537 g/mol. The Hall–Kier alpha value is -3.47. The molecule has 0 aliphatic heterocycles. The van der Waals surface area contributed by atoms with Crippen LogP contribution in [-0.4, -0.2) is 38.6 Å². The fraction of sp³-hybridized carbons (Fsp3) is 0.400. The highest BCUT2D eigenvalue weighted by molar-refractivity contribution is 6.33. The van der Waals surface area contributed by atoms with Gasteiger partial charge in [0.05, 0.1) is 11.6 Å². The number of aromatic nitrogens is 4. The lowest BCUT2D eigenvalue weighted by Crippen LogP contribution is -2.46. The van der Waals surface area contributed by atoms with Crippen LogP contribution in [0.3, 0.4) is 0 Å². The Morgan fingerprint density at radius 2 is 1.89 bits per heavy atom. The zero-order chi connectivity index (χ0) is 27.4. The second-order valence-corrected chi connectivity index (χ2v) is 9.22. The van der Waals surface area contributed by atoms with E-state index in [-0.39, 0.29) is 23.2 Å². The number of aromatic amines is 1. The molecule has 0 radical (unpaired) electrons. The van der Waals surface area contributed by atoms with Gasteiger partial charge in [0, 0.05) is 29.4 Å². The maximum atomic E-state index is 13.2. The Morgan fingerprint density at radius 3 is 2.54 bits per heavy atom. The number of nitrogens with zero attached hydrogens (tertiary/aromatic N) is 3. The molecule has 2 aromatic heterocycles. The summed E-state index contributed by atoms with van der Waals surface area (Å²) in [6.07, 6.45) is -1.63. The summed E-state index contributed by atoms with van der Waals surface area (Å²) in [6.45, 7) is 5.77. The summed E-state index contributed by atoms with van der Waals surface area (Å²) in [4.78, 5) is 39.8. The Labute approximate surface area is 216 Å². The first-order valence-electron chi connectivity index (χ1n) is 11.6. The predicted molar refractivity (Wildman–Crippen MR) is 133 cm³/mol. The second-order valence-electron chi connectivity index (χ2n) is 8.82. The van der Waals surface area contributed by atoms with Gasteiger partial charge in [-0.15, -0.1) is 0 Å². The Kier molecular flexibility index (Phi) is 8.57. The van der Waals surface area contributed by atoms with Gasteiger partial charge in [-0.2, -0.15) is 18.2 Å². The van der Waals surface area contributed by atoms with Crippen LogP contribution in [-0.2, 0) is 17.8 Å². The molecule has 1 amide bonds. The summed E-state index contributed by atoms with van der Waals surface area (Å²) in [7, 11) is 0. The molecule has 0 fully saturated rings. The van der Waals surface area contributed by atoms with E-state index in [1.165, 1.54) is 18.3 Å². The van der Waals surface area contributed by atoms with E-state index < -0.39 is 23.2 Å². The average Bonchev–Trinajstić information content (AvgIpc) is 2.83. The van der Waals surface area contributed by atoms with Gasteiger partial charge >= 0.3 is 11.9 Å². The molecule has 198 valence electrons. The third-order valence-corrected chi connectivity index (χ3v) is 5.98. The van der Waals surface area contributed by atoms with Gasteiger partial charge in [0.1, 0.15) is 11.2 Å². The molecular weight excluding hydrogens is 511 g/mol. The van der Waals surface area contributed by atoms with Crippen LogP contribution in [0.1, 0.15) is 45.2 Å². The number of carbonyl (C=O) groups is 1. The van der Waals surface area contributed by atoms with Crippen LogP contribution in [0.15, 0.2) is 35.3 Å². The minimum Gasteiger partial charge on any atom is -0.478 e. The Balaban J connectivity index is 1.94. The molecule has 3 rings (SSSR count). The van der Waals surface area contributed by atoms with Crippen LogP contribution in [0.25, 0.3) is 22.8 Å². The number of H-pyrrole nitrogens is 1. The van der Waals surface area contributed by atoms with Gasteiger partial charge < -0.3 is 10.1 Å². The summed E-state index contributed by atoms with van der Waals surface area (Å²) in [5, 5.41) is 2.54. The number of benzene rings is 1. The molecule has 0 bridgehead atoms. The average molecular weight is 538 g/mol. The van der Waals surface area contributed by atoms with E-state index in [1.54, 1.807) is 6.07 Å². The molecule has 2 N–H and O–H groups in total. The molecule has 8 nitrogen and oxygen atoms in total. The summed E-state index contributed by atoms with van der Waals surface area (Å²) in [5.41, 5.74) is -1.10. The van der Waals surface area contributed by atoms with E-state index in [2.05, 4.69) is 25.3 Å². The van der Waals surface area contributed by atoms with Crippen molar-refractivity contribution in [2.75, 3.05) is 6.61 Å². The fourth-order valence-corrected chi connectivity index (χ4v) is 3.58. The number of alkyl halides is 3. The minimum absolute atomic E-state index is 0.106. The molecule has 0 saturated heterocycles. The zero-order valence-corrected chi connectivity index (χ0v) is 21.5. The molecule has 2 heterocycles. The number of hydrogen-bond acceptors (Lipinski definition) is 6. The van der Waals surface area contributed by atoms with E-state index in [0.717, 1.165) is 25.8 Å². The van der Waals surface area contributed by atoms with Crippen molar-refractivity contribution in [2.45, 2.75) is 53.3 Å². The van der Waals surface area contributed by atoms with E-state index in [4.69, 9.17) is 16.3 Å². The highest BCUT2D eigenvalue weighted by Gasteiger charge is 2.52. The van der Waals surface area contributed by atoms with Crippen LogP contribution < -0.4 is 15.7 Å². The van der Waals surface area contributed by atoms with Crippen molar-refractivity contribution in [1.29, 1.82) is 0 Å². The van der Waals surface area contributed by atoms with Crippen molar-refractivity contribution in [1.82, 2.24) is 25.3 Å². The Bertz CT molecular complexity index is 1340. The van der Waals surface area contributed by atoms with Crippen molar-refractivity contribution in [2.24, 2.45) is 5.41 Å². The maximum Gasteiger partial charge on any atom is 0.402 e. The van der Waals surface area contributed by atoms with Gasteiger partial charge in [-0.05, 0) is 51.0 Å². The van der Waals surface area contributed by atoms with Crippen LogP contribution in [0.4, 0.5) is 13.2 Å². The fourth-order valence-electron chi connectivity index (χ4n) is 3.37. The largest absolute Gasteiger partial charge is 0.478 e. The first kappa shape index (κ1) is 28.1. The third-order valence-electron chi connectivity index (χ3n) is 5.65. The van der Waals surface area contributed by atoms with Crippen molar-refractivity contribution < 1.29 is 22.7 Å². The summed E-state index contributed by atoms with van der Waals surface area (Å²) in [6, 6.07) is 6.41. The van der Waals surface area contributed by atoms with Crippen molar-refractivity contribution in [3.8, 4) is 28.7 Å². The molecule has 0 aliphatic carbocycles. The van der Waals surface area contributed by atoms with E-state index in [1.807, 2.05) is 19.9 Å². The summed E-state index contributed by atoms with van der Waals surface area (Å²) >= 11 is 6.35. The van der Waals surface area contributed by atoms with Crippen LogP contribution in [0, 0.1) is 5.41 Å². The molecule has 0 spiro atoms. The standard InChI is InChI=1S/C25H27ClF3N5O3/c1-5-7-15-11-16(13-30-21(15)37-6-2)19-32-20(34-23(36)33-19)17-10-14(8-9-18(17)26)12-31-22(35)24(3,4)25(27,28)29/h8-11,13H,5-7,12H2,1-4H3,(H,31,35)(H,32,33,34,36). The third kappa shape index (κ3) is 6.46. The molecule has 0 aliphatic rings. The number of rotatable bonds is 9. The summed E-state index contributed by atoms with van der Waals surface area (Å²) < 4.78 is 45.0. The van der Waals surface area contributed by atoms with Gasteiger partial charge in [0.25, 0.3) is 0 Å². The first-order chi connectivity index (χ1) is 17.4. The highest BCUT2D eigenvalue weighted by atomic mass is 35.5. The molecule has 0 saturated carbocycles. The molecule has 0 atom stereocenters. The van der Waals surface area contributed by atoms with Gasteiger partial charge in [-0.25, -0.2) is 14.8 Å². The summed E-state index contributed by atoms with van der Waals surface area (Å²) in [5.74, 6) is -0.437. The number of amides is 1. The topological polar surface area (TPSA) is 110 Å². The molecule has 3 aromatic rings. The molecule has 37 heavy (non-hydrogen) atoms. The van der Waals surface area contributed by atoms with E-state index in [9.17, 15) is 22.8 Å². The molecular formula is C25H27ClF3N5O3. The van der Waals surface area contributed by atoms with Crippen LogP contribution in [0.2, 0.25) is 5.02 Å². The van der Waals surface area contributed by atoms with Crippen LogP contribution in [0.5, 0.6) is 5.88 Å². The number of carbonyl (C=O) groups excluding carboxylic acids is 1. The van der Waals surface area contributed by atoms with Gasteiger partial charge in [-0.1, -0.05) is 31.0 Å². The van der Waals surface area contributed by atoms with Crippen molar-refractivity contribution in [3.63, 3.8) is 0 Å². The molecule has 12 heteroatoms. The highest BCUT2D eigenvalue weighted by Crippen LogP contribution is 2.37. The minimum atomic E-state index is -4.70. The maximum absolute atomic E-state index is 13.2. The van der Waals surface area contributed by atoms with Gasteiger partial charge in [0.15, 0.2) is 5.82 Å². The van der Waals surface area contributed by atoms with Crippen molar-refractivity contribution >= 4 is 17.5 Å². The van der Waals surface area contributed by atoms with Crippen LogP contribution >= 0.6 is 11.6 Å². The van der Waals surface area contributed by atoms with Gasteiger partial charge in [-0.3, -0.25) is 9.78 Å². The lowest BCUT2D eigenvalue weighted by molar-refractivity contribution is -0.211. The Morgan fingerprint density at radius 1 is 1.16 bits per heavy atom. The van der Waals surface area contributed by atoms with E-state index >= 15 is 0 Å². The molecule has 0 unspecified atom stereocenters. The zero-order valence-electron chi connectivity index (χ0n) is 20.8. The SMILES string of the molecule is CCCc1cc(-c2nc(-c3cc(CNC(=O)C(C)(C)C(F)(F)F)ccc3Cl)[nH]c(=O)n2)cnc1OCC. The van der Waals surface area contributed by atoms with E-state index in [0.29, 0.717) is 35.6 Å². The quantitative estimate of drug-likeness (QED) is 0.393. The number of hydrogen-bond donors (Lipinski definition) is 2. The number of aryl methyl sites for hydroxylation is 1. The number of halogens is 4. The number of pyridine rings is 1.